The molecule has 0 unspecified atom stereocenters. The molecule has 2 heterocycles. The minimum absolute atomic E-state index is 0.132. The number of benzene rings is 2. The molecule has 0 aliphatic carbocycles. The van der Waals surface area contributed by atoms with Crippen LogP contribution in [0.5, 0.6) is 0 Å². The van der Waals surface area contributed by atoms with Crippen molar-refractivity contribution >= 4 is 63.2 Å². The summed E-state index contributed by atoms with van der Waals surface area (Å²) in [4.78, 5) is 32.0. The first-order chi connectivity index (χ1) is 15.0. The Kier molecular flexibility index (Phi) is 6.86. The highest BCUT2D eigenvalue weighted by atomic mass is 35.5. The van der Waals surface area contributed by atoms with E-state index in [2.05, 4.69) is 15.3 Å². The Morgan fingerprint density at radius 2 is 1.94 bits per heavy atom. The number of nitrogens with zero attached hydrogens (tertiary/aromatic N) is 2. The van der Waals surface area contributed by atoms with E-state index in [-0.39, 0.29) is 17.2 Å². The summed E-state index contributed by atoms with van der Waals surface area (Å²) in [5, 5.41) is 3.94. The fourth-order valence-corrected chi connectivity index (χ4v) is 5.03. The average molecular weight is 489 g/mol. The van der Waals surface area contributed by atoms with Crippen molar-refractivity contribution < 1.29 is 4.79 Å². The number of aromatic nitrogens is 3. The summed E-state index contributed by atoms with van der Waals surface area (Å²) in [6.07, 6.45) is 0.711. The number of para-hydroxylation sites is 1. The third-order valence-corrected chi connectivity index (χ3v) is 6.91. The van der Waals surface area contributed by atoms with Crippen LogP contribution in [0.15, 0.2) is 64.5 Å². The van der Waals surface area contributed by atoms with Crippen LogP contribution in [0.2, 0.25) is 5.02 Å². The van der Waals surface area contributed by atoms with Gasteiger partial charge in [-0.1, -0.05) is 65.0 Å². The van der Waals surface area contributed by atoms with Crippen LogP contribution in [0.1, 0.15) is 5.56 Å². The van der Waals surface area contributed by atoms with Crippen molar-refractivity contribution in [3.05, 3.63) is 79.5 Å². The molecule has 158 valence electrons. The Bertz CT molecular complexity index is 1330. The van der Waals surface area contributed by atoms with Crippen LogP contribution in [0, 0.1) is 3.95 Å². The summed E-state index contributed by atoms with van der Waals surface area (Å²) in [5.41, 5.74) is 2.17. The van der Waals surface area contributed by atoms with Gasteiger partial charge in [-0.25, -0.2) is 4.98 Å². The fraction of sp³-hybridized carbons (Fsp3) is 0.143. The second kappa shape index (κ2) is 9.78. The quantitative estimate of drug-likeness (QED) is 0.225. The minimum atomic E-state index is -0.263. The third-order valence-electron chi connectivity index (χ3n) is 4.42. The van der Waals surface area contributed by atoms with Gasteiger partial charge >= 0.3 is 0 Å². The smallest absolute Gasteiger partial charge is 0.271 e. The number of rotatable bonds is 7. The number of amides is 1. The van der Waals surface area contributed by atoms with E-state index in [4.69, 9.17) is 23.8 Å². The molecule has 10 heteroatoms. The molecular formula is C21H17ClN4O2S3. The highest BCUT2D eigenvalue weighted by Crippen LogP contribution is 2.24. The number of fused-ring (bicyclic) bond motifs is 1. The number of hydrogen-bond acceptors (Lipinski definition) is 6. The monoisotopic (exact) mass is 488 g/mol. The average Bonchev–Trinajstić information content (AvgIpc) is 3.11. The molecule has 0 bridgehead atoms. The molecular weight excluding hydrogens is 472 g/mol. The lowest BCUT2D eigenvalue weighted by atomic mass is 10.1. The summed E-state index contributed by atoms with van der Waals surface area (Å²) < 4.78 is 2.78. The zero-order valence-electron chi connectivity index (χ0n) is 16.1. The van der Waals surface area contributed by atoms with Gasteiger partial charge in [-0.2, -0.15) is 0 Å². The predicted molar refractivity (Wildman–Crippen MR) is 129 cm³/mol. The first-order valence-corrected chi connectivity index (χ1v) is 12.0. The fourth-order valence-electron chi connectivity index (χ4n) is 2.95. The van der Waals surface area contributed by atoms with Crippen molar-refractivity contribution in [3.63, 3.8) is 0 Å². The van der Waals surface area contributed by atoms with Gasteiger partial charge in [0, 0.05) is 17.3 Å². The number of aromatic amines is 1. The molecule has 0 spiro atoms. The highest BCUT2D eigenvalue weighted by molar-refractivity contribution is 7.99. The van der Waals surface area contributed by atoms with E-state index in [1.54, 1.807) is 4.57 Å². The Hall–Kier alpha value is -2.46. The number of thioether (sulfide) groups is 1. The first kappa shape index (κ1) is 21.8. The summed E-state index contributed by atoms with van der Waals surface area (Å²) in [5.74, 6) is 0.0116. The molecule has 0 aliphatic rings. The van der Waals surface area contributed by atoms with E-state index < -0.39 is 0 Å². The molecule has 2 aromatic carbocycles. The Balaban J connectivity index is 1.44. The molecule has 4 rings (SSSR count). The Morgan fingerprint density at radius 1 is 1.19 bits per heavy atom. The molecule has 6 nitrogen and oxygen atoms in total. The van der Waals surface area contributed by atoms with Crippen LogP contribution < -0.4 is 10.9 Å². The molecule has 0 radical (unpaired) electrons. The largest absolute Gasteiger partial charge is 0.355 e. The number of nitrogens with one attached hydrogen (secondary N) is 2. The summed E-state index contributed by atoms with van der Waals surface area (Å²) in [7, 11) is 0. The molecule has 31 heavy (non-hydrogen) atoms. The molecule has 2 N–H and O–H groups in total. The van der Waals surface area contributed by atoms with Crippen molar-refractivity contribution in [1.29, 1.82) is 0 Å². The number of hydrogen-bond donors (Lipinski definition) is 2. The maximum Gasteiger partial charge on any atom is 0.271 e. The number of carbonyl (C=O) groups is 1. The van der Waals surface area contributed by atoms with E-state index in [1.807, 2.05) is 54.6 Å². The lowest BCUT2D eigenvalue weighted by molar-refractivity contribution is -0.118. The van der Waals surface area contributed by atoms with Gasteiger partial charge in [0.05, 0.1) is 5.75 Å². The number of halogens is 1. The van der Waals surface area contributed by atoms with Crippen LogP contribution in [-0.4, -0.2) is 32.7 Å². The van der Waals surface area contributed by atoms with Crippen LogP contribution in [0.3, 0.4) is 0 Å². The molecule has 0 saturated heterocycles. The van der Waals surface area contributed by atoms with Crippen molar-refractivity contribution in [1.82, 2.24) is 19.9 Å². The zero-order chi connectivity index (χ0) is 21.8. The molecule has 4 aromatic rings. The van der Waals surface area contributed by atoms with Gasteiger partial charge in [0.15, 0.2) is 14.8 Å². The molecule has 1 amide bonds. The third kappa shape index (κ3) is 5.24. The standard InChI is InChI=1S/C21H17ClN4O2S3/c22-14-8-6-13(7-9-14)10-11-23-16(27)12-30-20-24-18-17(19(28)25-20)31-21(29)26(18)15-4-2-1-3-5-15/h1-9H,10-12H2,(H,23,27)(H,24,25,28). The summed E-state index contributed by atoms with van der Waals surface area (Å²) >= 11 is 13.7. The van der Waals surface area contributed by atoms with Gasteiger partial charge in [0.1, 0.15) is 4.70 Å². The van der Waals surface area contributed by atoms with E-state index in [9.17, 15) is 9.59 Å². The number of thiazole rings is 1. The van der Waals surface area contributed by atoms with Gasteiger partial charge in [0.2, 0.25) is 5.91 Å². The topological polar surface area (TPSA) is 79.8 Å². The van der Waals surface area contributed by atoms with Gasteiger partial charge in [0.25, 0.3) is 5.56 Å². The first-order valence-electron chi connectivity index (χ1n) is 9.36. The van der Waals surface area contributed by atoms with Crippen LogP contribution in [0.25, 0.3) is 16.0 Å². The zero-order valence-corrected chi connectivity index (χ0v) is 19.3. The van der Waals surface area contributed by atoms with Gasteiger partial charge in [-0.05, 0) is 48.5 Å². The number of H-pyrrole nitrogens is 1. The van der Waals surface area contributed by atoms with Crippen molar-refractivity contribution in [2.45, 2.75) is 11.6 Å². The molecule has 2 aromatic heterocycles. The Labute approximate surface area is 196 Å². The lowest BCUT2D eigenvalue weighted by Crippen LogP contribution is -2.27. The lowest BCUT2D eigenvalue weighted by Gasteiger charge is -2.06. The van der Waals surface area contributed by atoms with Crippen LogP contribution in [-0.2, 0) is 11.2 Å². The van der Waals surface area contributed by atoms with Gasteiger partial charge < -0.3 is 10.3 Å². The van der Waals surface area contributed by atoms with E-state index >= 15 is 0 Å². The van der Waals surface area contributed by atoms with E-state index in [0.29, 0.717) is 37.4 Å². The normalized spacial score (nSPS) is 11.0. The van der Waals surface area contributed by atoms with Gasteiger partial charge in [-0.3, -0.25) is 14.2 Å². The van der Waals surface area contributed by atoms with Crippen LogP contribution >= 0.6 is 46.9 Å². The minimum Gasteiger partial charge on any atom is -0.355 e. The maximum absolute atomic E-state index is 12.5. The second-order valence-electron chi connectivity index (χ2n) is 6.58. The van der Waals surface area contributed by atoms with Crippen molar-refractivity contribution in [2.75, 3.05) is 12.3 Å². The van der Waals surface area contributed by atoms with Crippen LogP contribution in [0.4, 0.5) is 0 Å². The highest BCUT2D eigenvalue weighted by Gasteiger charge is 2.14. The van der Waals surface area contributed by atoms with E-state index in [1.165, 1.54) is 23.1 Å². The van der Waals surface area contributed by atoms with Crippen molar-refractivity contribution in [3.8, 4) is 5.69 Å². The second-order valence-corrected chi connectivity index (χ2v) is 9.62. The predicted octanol–water partition coefficient (Wildman–Crippen LogP) is 4.61. The number of carbonyl (C=O) groups excluding carboxylic acids is 1. The molecule has 0 saturated carbocycles. The summed E-state index contributed by atoms with van der Waals surface area (Å²) in [6, 6.07) is 17.1. The Morgan fingerprint density at radius 3 is 2.68 bits per heavy atom. The SMILES string of the molecule is O=C(CSc1nc2c(sc(=S)n2-c2ccccc2)c(=O)[nH]1)NCCc1ccc(Cl)cc1. The van der Waals surface area contributed by atoms with Gasteiger partial charge in [-0.15, -0.1) is 0 Å². The molecule has 0 aliphatic heterocycles. The molecule has 0 atom stereocenters. The summed E-state index contributed by atoms with van der Waals surface area (Å²) in [6.45, 7) is 0.516. The maximum atomic E-state index is 12.5. The van der Waals surface area contributed by atoms with E-state index in [0.717, 1.165) is 11.3 Å². The molecule has 0 fully saturated rings. The van der Waals surface area contributed by atoms with Crippen molar-refractivity contribution in [2.24, 2.45) is 0 Å².